The highest BCUT2D eigenvalue weighted by Crippen LogP contribution is 2.17. The molecule has 0 atom stereocenters. The first-order valence-electron chi connectivity index (χ1n) is 7.41. The molecule has 0 saturated heterocycles. The molecule has 2 N–H and O–H groups in total. The van der Waals surface area contributed by atoms with Crippen LogP contribution >= 0.6 is 0 Å². The molecule has 3 rings (SSSR count). The van der Waals surface area contributed by atoms with Gasteiger partial charge in [0.2, 0.25) is 5.95 Å². The maximum absolute atomic E-state index is 13.6. The lowest BCUT2D eigenvalue weighted by molar-refractivity contribution is 0.102. The Morgan fingerprint density at radius 3 is 2.23 bits per heavy atom. The molecular weight excluding hydrogens is 359 g/mol. The molecule has 0 saturated carbocycles. The van der Waals surface area contributed by atoms with Gasteiger partial charge in [-0.25, -0.2) is 27.5 Å². The average Bonchev–Trinajstić information content (AvgIpc) is 2.63. The van der Waals surface area contributed by atoms with E-state index in [1.807, 2.05) is 0 Å². The molecule has 26 heavy (non-hydrogen) atoms. The molecular formula is C17H13FN4O3S. The smallest absolute Gasteiger partial charge is 0.264 e. The lowest BCUT2D eigenvalue weighted by Gasteiger charge is -2.09. The Morgan fingerprint density at radius 2 is 1.58 bits per heavy atom. The van der Waals surface area contributed by atoms with Crippen LogP contribution < -0.4 is 10.0 Å². The summed E-state index contributed by atoms with van der Waals surface area (Å²) in [6, 6.07) is 12.5. The van der Waals surface area contributed by atoms with E-state index in [9.17, 15) is 17.6 Å². The van der Waals surface area contributed by atoms with E-state index in [0.717, 1.165) is 0 Å². The molecule has 2 aromatic carbocycles. The van der Waals surface area contributed by atoms with Crippen molar-refractivity contribution in [1.29, 1.82) is 0 Å². The summed E-state index contributed by atoms with van der Waals surface area (Å²) in [6.45, 7) is 0. The van der Waals surface area contributed by atoms with Crippen molar-refractivity contribution in [1.82, 2.24) is 9.97 Å². The second-order valence-corrected chi connectivity index (χ2v) is 6.82. The molecule has 0 radical (unpaired) electrons. The lowest BCUT2D eigenvalue weighted by Crippen LogP contribution is -2.16. The van der Waals surface area contributed by atoms with Crippen LogP contribution in [0.15, 0.2) is 71.9 Å². The van der Waals surface area contributed by atoms with Crippen molar-refractivity contribution in [3.05, 3.63) is 78.4 Å². The molecule has 1 amide bonds. The van der Waals surface area contributed by atoms with Crippen LogP contribution in [0.2, 0.25) is 0 Å². The van der Waals surface area contributed by atoms with Gasteiger partial charge < -0.3 is 5.32 Å². The Bertz CT molecular complexity index is 1030. The van der Waals surface area contributed by atoms with Crippen molar-refractivity contribution in [2.24, 2.45) is 0 Å². The lowest BCUT2D eigenvalue weighted by atomic mass is 10.2. The zero-order valence-corrected chi connectivity index (χ0v) is 14.1. The first kappa shape index (κ1) is 17.5. The van der Waals surface area contributed by atoms with Gasteiger partial charge in [0.25, 0.3) is 15.9 Å². The fourth-order valence-corrected chi connectivity index (χ4v) is 3.05. The molecule has 1 aromatic heterocycles. The number of halogens is 1. The molecule has 0 aliphatic carbocycles. The Morgan fingerprint density at radius 1 is 0.923 bits per heavy atom. The van der Waals surface area contributed by atoms with Crippen LogP contribution in [-0.2, 0) is 10.0 Å². The molecule has 0 aliphatic rings. The number of nitrogens with zero attached hydrogens (tertiary/aromatic N) is 2. The van der Waals surface area contributed by atoms with Gasteiger partial charge in [-0.05, 0) is 42.5 Å². The molecule has 0 bridgehead atoms. The number of benzene rings is 2. The van der Waals surface area contributed by atoms with Gasteiger partial charge in [-0.15, -0.1) is 0 Å². The van der Waals surface area contributed by atoms with E-state index >= 15 is 0 Å². The fourth-order valence-electron chi connectivity index (χ4n) is 2.09. The van der Waals surface area contributed by atoms with Gasteiger partial charge in [0.1, 0.15) is 5.82 Å². The van der Waals surface area contributed by atoms with Crippen LogP contribution in [0.1, 0.15) is 10.4 Å². The van der Waals surface area contributed by atoms with E-state index in [2.05, 4.69) is 20.0 Å². The van der Waals surface area contributed by atoms with E-state index < -0.39 is 21.7 Å². The summed E-state index contributed by atoms with van der Waals surface area (Å²) in [6.07, 6.45) is 2.82. The third kappa shape index (κ3) is 4.01. The number of anilines is 2. The summed E-state index contributed by atoms with van der Waals surface area (Å²) in [4.78, 5) is 19.6. The molecule has 0 unspecified atom stereocenters. The molecule has 3 aromatic rings. The summed E-state index contributed by atoms with van der Waals surface area (Å²) < 4.78 is 40.4. The zero-order valence-electron chi connectivity index (χ0n) is 13.3. The SMILES string of the molecule is O=C(Nc1ccc(S(=O)(=O)Nc2ncccn2)cc1)c1ccccc1F. The summed E-state index contributed by atoms with van der Waals surface area (Å²) in [7, 11) is -3.87. The Balaban J connectivity index is 1.74. The Hall–Kier alpha value is -3.33. The predicted molar refractivity (Wildman–Crippen MR) is 93.6 cm³/mol. The Labute approximate surface area is 149 Å². The number of rotatable bonds is 5. The minimum Gasteiger partial charge on any atom is -0.322 e. The predicted octanol–water partition coefficient (Wildman–Crippen LogP) is 2.67. The van der Waals surface area contributed by atoms with Gasteiger partial charge in [0.15, 0.2) is 0 Å². The monoisotopic (exact) mass is 372 g/mol. The number of nitrogens with one attached hydrogen (secondary N) is 2. The van der Waals surface area contributed by atoms with Crippen molar-refractivity contribution < 1.29 is 17.6 Å². The van der Waals surface area contributed by atoms with Gasteiger partial charge in [0, 0.05) is 18.1 Å². The summed E-state index contributed by atoms with van der Waals surface area (Å²) in [5, 5.41) is 2.51. The first-order valence-corrected chi connectivity index (χ1v) is 8.90. The molecule has 0 fully saturated rings. The highest BCUT2D eigenvalue weighted by atomic mass is 32.2. The molecule has 132 valence electrons. The van der Waals surface area contributed by atoms with Gasteiger partial charge in [-0.1, -0.05) is 12.1 Å². The van der Waals surface area contributed by atoms with E-state index in [-0.39, 0.29) is 16.4 Å². The van der Waals surface area contributed by atoms with Crippen LogP contribution in [0, 0.1) is 5.82 Å². The molecule has 9 heteroatoms. The van der Waals surface area contributed by atoms with Gasteiger partial charge in [-0.2, -0.15) is 0 Å². The molecule has 0 spiro atoms. The minimum atomic E-state index is -3.87. The van der Waals surface area contributed by atoms with Crippen molar-refractivity contribution in [2.45, 2.75) is 4.90 Å². The molecule has 1 heterocycles. The van der Waals surface area contributed by atoms with Crippen LogP contribution in [0.25, 0.3) is 0 Å². The zero-order chi connectivity index (χ0) is 18.6. The largest absolute Gasteiger partial charge is 0.322 e. The van der Waals surface area contributed by atoms with Crippen LogP contribution in [0.5, 0.6) is 0 Å². The molecule has 0 aliphatic heterocycles. The maximum atomic E-state index is 13.6. The van der Waals surface area contributed by atoms with Gasteiger partial charge in [0.05, 0.1) is 10.5 Å². The molecule has 7 nitrogen and oxygen atoms in total. The minimum absolute atomic E-state index is 0.0335. The summed E-state index contributed by atoms with van der Waals surface area (Å²) in [5.41, 5.74) is 0.222. The number of carbonyl (C=O) groups is 1. The number of aromatic nitrogens is 2. The van der Waals surface area contributed by atoms with Crippen LogP contribution in [0.4, 0.5) is 16.0 Å². The van der Waals surface area contributed by atoms with Crippen LogP contribution in [-0.4, -0.2) is 24.3 Å². The Kier molecular flexibility index (Phi) is 4.90. The standard InChI is InChI=1S/C17H13FN4O3S/c18-15-5-2-1-4-14(15)16(23)21-12-6-8-13(9-7-12)26(24,25)22-17-19-10-3-11-20-17/h1-11H,(H,21,23)(H,19,20,22). The number of sulfonamides is 1. The van der Waals surface area contributed by atoms with E-state index in [0.29, 0.717) is 5.69 Å². The summed E-state index contributed by atoms with van der Waals surface area (Å²) in [5.74, 6) is -1.32. The van der Waals surface area contributed by atoms with Crippen molar-refractivity contribution in [3.8, 4) is 0 Å². The second-order valence-electron chi connectivity index (χ2n) is 5.14. The van der Waals surface area contributed by atoms with Crippen molar-refractivity contribution >= 4 is 27.6 Å². The van der Waals surface area contributed by atoms with Crippen LogP contribution in [0.3, 0.4) is 0 Å². The second kappa shape index (κ2) is 7.28. The number of hydrogen-bond donors (Lipinski definition) is 2. The highest BCUT2D eigenvalue weighted by molar-refractivity contribution is 7.92. The third-order valence-electron chi connectivity index (χ3n) is 3.33. The number of carbonyl (C=O) groups excluding carboxylic acids is 1. The average molecular weight is 372 g/mol. The quantitative estimate of drug-likeness (QED) is 0.717. The fraction of sp³-hybridized carbons (Fsp3) is 0. The normalized spacial score (nSPS) is 11.0. The summed E-state index contributed by atoms with van der Waals surface area (Å²) >= 11 is 0. The highest BCUT2D eigenvalue weighted by Gasteiger charge is 2.16. The van der Waals surface area contributed by atoms with E-state index in [1.165, 1.54) is 54.9 Å². The third-order valence-corrected chi connectivity index (χ3v) is 4.68. The van der Waals surface area contributed by atoms with Crippen molar-refractivity contribution in [2.75, 3.05) is 10.0 Å². The number of amides is 1. The van der Waals surface area contributed by atoms with E-state index in [4.69, 9.17) is 0 Å². The number of hydrogen-bond acceptors (Lipinski definition) is 5. The van der Waals surface area contributed by atoms with E-state index in [1.54, 1.807) is 12.1 Å². The topological polar surface area (TPSA) is 101 Å². The van der Waals surface area contributed by atoms with Gasteiger partial charge >= 0.3 is 0 Å². The maximum Gasteiger partial charge on any atom is 0.264 e. The van der Waals surface area contributed by atoms with Gasteiger partial charge in [-0.3, -0.25) is 4.79 Å². The van der Waals surface area contributed by atoms with Crippen molar-refractivity contribution in [3.63, 3.8) is 0 Å². The first-order chi connectivity index (χ1) is 12.5.